The zero-order chi connectivity index (χ0) is 19.5. The Labute approximate surface area is 163 Å². The molecule has 0 saturated carbocycles. The molecule has 2 aromatic rings. The van der Waals surface area contributed by atoms with Crippen molar-refractivity contribution in [3.63, 3.8) is 0 Å². The Hall–Kier alpha value is -2.80. The van der Waals surface area contributed by atoms with Crippen LogP contribution in [-0.4, -0.2) is 56.4 Å². The van der Waals surface area contributed by atoms with Gasteiger partial charge < -0.3 is 14.5 Å². The monoisotopic (exact) mass is 378 g/mol. The predicted molar refractivity (Wildman–Crippen MR) is 100 cm³/mol. The van der Waals surface area contributed by atoms with Crippen molar-refractivity contribution in [2.75, 3.05) is 13.1 Å². The molecule has 4 heterocycles. The van der Waals surface area contributed by atoms with Gasteiger partial charge in [-0.25, -0.2) is 9.97 Å². The summed E-state index contributed by atoms with van der Waals surface area (Å²) in [5.41, 5.74) is 2.20. The molecule has 5 rings (SSSR count). The number of likely N-dealkylation sites (tertiary alicyclic amines) is 1. The number of hydrogen-bond acceptors (Lipinski definition) is 5. The summed E-state index contributed by atoms with van der Waals surface area (Å²) in [4.78, 5) is 38.1. The minimum absolute atomic E-state index is 0.0543. The number of ether oxygens (including phenoxy) is 1. The van der Waals surface area contributed by atoms with Crippen LogP contribution in [0.5, 0.6) is 0 Å². The summed E-state index contributed by atoms with van der Waals surface area (Å²) in [6.07, 6.45) is 2.24. The van der Waals surface area contributed by atoms with Gasteiger partial charge in [-0.3, -0.25) is 9.59 Å². The van der Waals surface area contributed by atoms with Crippen LogP contribution in [0.4, 0.5) is 0 Å². The maximum absolute atomic E-state index is 13.3. The van der Waals surface area contributed by atoms with Crippen molar-refractivity contribution < 1.29 is 14.3 Å². The van der Waals surface area contributed by atoms with Crippen molar-refractivity contribution >= 4 is 11.8 Å². The van der Waals surface area contributed by atoms with Crippen LogP contribution >= 0.6 is 0 Å². The number of benzene rings is 1. The number of rotatable bonds is 2. The SMILES string of the molecule is Cc1ncnc(C)c1C(=O)N1CC[C@@]23O[C@@H](c4ccccc4)CN2C(=O)C[C@@H]13. The van der Waals surface area contributed by atoms with Gasteiger partial charge >= 0.3 is 0 Å². The Kier molecular flexibility index (Phi) is 3.77. The number of nitrogens with zero attached hydrogens (tertiary/aromatic N) is 4. The summed E-state index contributed by atoms with van der Waals surface area (Å²) in [6, 6.07) is 9.69. The van der Waals surface area contributed by atoms with Crippen molar-refractivity contribution in [2.45, 2.75) is 44.6 Å². The summed E-state index contributed by atoms with van der Waals surface area (Å²) in [6.45, 7) is 4.73. The maximum atomic E-state index is 13.3. The highest BCUT2D eigenvalue weighted by Gasteiger charge is 2.65. The summed E-state index contributed by atoms with van der Waals surface area (Å²) < 4.78 is 6.51. The average molecular weight is 378 g/mol. The fourth-order valence-electron chi connectivity index (χ4n) is 4.95. The van der Waals surface area contributed by atoms with Gasteiger partial charge in [-0.15, -0.1) is 0 Å². The maximum Gasteiger partial charge on any atom is 0.257 e. The third kappa shape index (κ3) is 2.32. The molecule has 1 aromatic heterocycles. The Morgan fingerprint density at radius 1 is 1.18 bits per heavy atom. The number of amides is 2. The van der Waals surface area contributed by atoms with E-state index in [1.807, 2.05) is 49.1 Å². The second-order valence-electron chi connectivity index (χ2n) is 7.75. The molecule has 0 unspecified atom stereocenters. The Balaban J connectivity index is 1.47. The second-order valence-corrected chi connectivity index (χ2v) is 7.75. The third-order valence-electron chi connectivity index (χ3n) is 6.30. The normalized spacial score (nSPS) is 28.6. The van der Waals surface area contributed by atoms with Crippen LogP contribution in [0.15, 0.2) is 36.7 Å². The summed E-state index contributed by atoms with van der Waals surface area (Å²) >= 11 is 0. The standard InChI is InChI=1S/C21H22N4O3/c1-13-19(14(2)23-12-22-13)20(27)24-9-8-21-17(24)10-18(26)25(21)11-16(28-21)15-6-4-3-5-7-15/h3-7,12,16-17H,8-11H2,1-2H3/t16-,17-,21+/m1/s1. The van der Waals surface area contributed by atoms with Gasteiger partial charge in [0, 0.05) is 13.0 Å². The first-order valence-corrected chi connectivity index (χ1v) is 9.63. The molecule has 28 heavy (non-hydrogen) atoms. The first-order valence-electron chi connectivity index (χ1n) is 9.63. The minimum Gasteiger partial charge on any atom is -0.343 e. The lowest BCUT2D eigenvalue weighted by molar-refractivity contribution is -0.138. The lowest BCUT2D eigenvalue weighted by Crippen LogP contribution is -2.49. The van der Waals surface area contributed by atoms with E-state index in [4.69, 9.17) is 4.74 Å². The number of carbonyl (C=O) groups excluding carboxylic acids is 2. The zero-order valence-electron chi connectivity index (χ0n) is 16.0. The van der Waals surface area contributed by atoms with Gasteiger partial charge in [0.1, 0.15) is 12.4 Å². The fourth-order valence-corrected chi connectivity index (χ4v) is 4.95. The summed E-state index contributed by atoms with van der Waals surface area (Å²) in [7, 11) is 0. The van der Waals surface area contributed by atoms with E-state index in [0.29, 0.717) is 42.9 Å². The van der Waals surface area contributed by atoms with E-state index in [1.54, 1.807) is 4.90 Å². The molecule has 3 aliphatic heterocycles. The molecule has 7 heteroatoms. The van der Waals surface area contributed by atoms with Crippen LogP contribution in [0.2, 0.25) is 0 Å². The van der Waals surface area contributed by atoms with E-state index in [9.17, 15) is 9.59 Å². The molecule has 3 saturated heterocycles. The zero-order valence-corrected chi connectivity index (χ0v) is 16.0. The highest BCUT2D eigenvalue weighted by molar-refractivity contribution is 5.97. The van der Waals surface area contributed by atoms with E-state index in [0.717, 1.165) is 5.56 Å². The highest BCUT2D eigenvalue weighted by atomic mass is 16.5. The van der Waals surface area contributed by atoms with Crippen molar-refractivity contribution in [1.82, 2.24) is 19.8 Å². The van der Waals surface area contributed by atoms with Crippen molar-refractivity contribution in [2.24, 2.45) is 0 Å². The van der Waals surface area contributed by atoms with Crippen LogP contribution in [0, 0.1) is 13.8 Å². The average Bonchev–Trinajstić information content (AvgIpc) is 3.31. The largest absolute Gasteiger partial charge is 0.343 e. The highest BCUT2D eigenvalue weighted by Crippen LogP contribution is 2.50. The van der Waals surface area contributed by atoms with Crippen molar-refractivity contribution in [3.05, 3.63) is 59.2 Å². The first kappa shape index (κ1) is 17.3. The Morgan fingerprint density at radius 2 is 1.89 bits per heavy atom. The van der Waals surface area contributed by atoms with E-state index in [-0.39, 0.29) is 24.0 Å². The molecule has 1 spiro atoms. The Bertz CT molecular complexity index is 943. The number of aromatic nitrogens is 2. The Morgan fingerprint density at radius 3 is 2.61 bits per heavy atom. The van der Waals surface area contributed by atoms with Crippen LogP contribution in [0.1, 0.15) is 46.3 Å². The number of carbonyl (C=O) groups is 2. The van der Waals surface area contributed by atoms with Crippen LogP contribution in [0.3, 0.4) is 0 Å². The van der Waals surface area contributed by atoms with Gasteiger partial charge in [0.15, 0.2) is 5.72 Å². The quantitative estimate of drug-likeness (QED) is 0.799. The van der Waals surface area contributed by atoms with E-state index >= 15 is 0 Å². The predicted octanol–water partition coefficient (Wildman–Crippen LogP) is 2.01. The topological polar surface area (TPSA) is 75.6 Å². The van der Waals surface area contributed by atoms with Gasteiger partial charge in [0.25, 0.3) is 5.91 Å². The van der Waals surface area contributed by atoms with Gasteiger partial charge in [0.2, 0.25) is 5.91 Å². The van der Waals surface area contributed by atoms with Crippen LogP contribution < -0.4 is 0 Å². The molecule has 1 aromatic carbocycles. The van der Waals surface area contributed by atoms with E-state index < -0.39 is 5.72 Å². The summed E-state index contributed by atoms with van der Waals surface area (Å²) in [5.74, 6) is -0.0578. The third-order valence-corrected chi connectivity index (χ3v) is 6.30. The van der Waals surface area contributed by atoms with Crippen LogP contribution in [-0.2, 0) is 9.53 Å². The van der Waals surface area contributed by atoms with E-state index in [2.05, 4.69) is 9.97 Å². The van der Waals surface area contributed by atoms with Gasteiger partial charge in [-0.1, -0.05) is 30.3 Å². The molecular formula is C21H22N4O3. The van der Waals surface area contributed by atoms with Gasteiger partial charge in [-0.05, 0) is 19.4 Å². The lowest BCUT2D eigenvalue weighted by atomic mass is 10.0. The van der Waals surface area contributed by atoms with Gasteiger partial charge in [0.05, 0.1) is 36.0 Å². The molecule has 144 valence electrons. The molecule has 3 fully saturated rings. The summed E-state index contributed by atoms with van der Waals surface area (Å²) in [5, 5.41) is 0. The smallest absolute Gasteiger partial charge is 0.257 e. The molecule has 2 amide bonds. The lowest BCUT2D eigenvalue weighted by Gasteiger charge is -2.32. The number of hydrogen-bond donors (Lipinski definition) is 0. The molecule has 7 nitrogen and oxygen atoms in total. The molecule has 0 bridgehead atoms. The number of aryl methyl sites for hydroxylation is 2. The molecule has 0 radical (unpaired) electrons. The second kappa shape index (κ2) is 6.10. The molecular weight excluding hydrogens is 356 g/mol. The van der Waals surface area contributed by atoms with Crippen LogP contribution in [0.25, 0.3) is 0 Å². The molecule has 0 N–H and O–H groups in total. The molecule has 3 atom stereocenters. The fraction of sp³-hybridized carbons (Fsp3) is 0.429. The molecule has 3 aliphatic rings. The van der Waals surface area contributed by atoms with E-state index in [1.165, 1.54) is 6.33 Å². The van der Waals surface area contributed by atoms with Crippen molar-refractivity contribution in [1.29, 1.82) is 0 Å². The minimum atomic E-state index is -0.718. The van der Waals surface area contributed by atoms with Gasteiger partial charge in [-0.2, -0.15) is 0 Å². The molecule has 0 aliphatic carbocycles. The first-order chi connectivity index (χ1) is 13.5. The van der Waals surface area contributed by atoms with Crippen molar-refractivity contribution in [3.8, 4) is 0 Å².